The first-order valence-corrected chi connectivity index (χ1v) is 9.40. The molecule has 0 amide bonds. The lowest BCUT2D eigenvalue weighted by molar-refractivity contribution is -0.137. The summed E-state index contributed by atoms with van der Waals surface area (Å²) in [5.74, 6) is -0.510. The van der Waals surface area contributed by atoms with Crippen molar-refractivity contribution in [3.05, 3.63) is 77.0 Å². The van der Waals surface area contributed by atoms with Gasteiger partial charge in [0, 0.05) is 22.3 Å². The van der Waals surface area contributed by atoms with E-state index in [4.69, 9.17) is 14.3 Å². The van der Waals surface area contributed by atoms with Crippen molar-refractivity contribution in [3.63, 3.8) is 0 Å². The van der Waals surface area contributed by atoms with Crippen LogP contribution in [-0.4, -0.2) is 42.1 Å². The number of benzene rings is 1. The summed E-state index contributed by atoms with van der Waals surface area (Å²) in [5, 5.41) is 0. The predicted octanol–water partition coefficient (Wildman–Crippen LogP) is 4.49. The fourth-order valence-corrected chi connectivity index (χ4v) is 3.01. The highest BCUT2D eigenvalue weighted by atomic mass is 16.5. The number of ether oxygens (including phenoxy) is 1. The number of pyridine rings is 1. The first-order chi connectivity index (χ1) is 16.5. The molecule has 0 N–H and O–H groups in total. The highest BCUT2D eigenvalue weighted by molar-refractivity contribution is 5.87. The van der Waals surface area contributed by atoms with Crippen LogP contribution in [0.3, 0.4) is 0 Å². The van der Waals surface area contributed by atoms with Crippen LogP contribution >= 0.6 is 0 Å². The van der Waals surface area contributed by atoms with Gasteiger partial charge < -0.3 is 4.74 Å². The van der Waals surface area contributed by atoms with E-state index < -0.39 is 42.6 Å². The second-order valence-corrected chi connectivity index (χ2v) is 6.41. The van der Waals surface area contributed by atoms with Gasteiger partial charge in [0.1, 0.15) is 0 Å². The monoisotopic (exact) mass is 383 g/mol. The fourth-order valence-electron chi connectivity index (χ4n) is 3.01. The van der Waals surface area contributed by atoms with E-state index in [-0.39, 0.29) is 12.2 Å². The van der Waals surface area contributed by atoms with Crippen molar-refractivity contribution in [2.75, 3.05) is 26.2 Å². The van der Waals surface area contributed by atoms with Gasteiger partial charge in [-0.25, -0.2) is 9.78 Å². The van der Waals surface area contributed by atoms with Gasteiger partial charge in [-0.15, -0.1) is 0 Å². The molecule has 0 atom stereocenters. The number of aromatic nitrogens is 1. The topological polar surface area (TPSA) is 42.4 Å². The summed E-state index contributed by atoms with van der Waals surface area (Å²) >= 11 is 0. The summed E-state index contributed by atoms with van der Waals surface area (Å²) in [5.41, 5.74) is 0.590. The minimum absolute atomic E-state index is 0.00813. The molecule has 146 valence electrons. The molecule has 0 unspecified atom stereocenters. The van der Waals surface area contributed by atoms with Crippen LogP contribution in [0.5, 0.6) is 0 Å². The number of nitrogens with zero attached hydrogens (tertiary/aromatic N) is 2. The van der Waals surface area contributed by atoms with E-state index in [1.165, 1.54) is 12.2 Å². The third-order valence-corrected chi connectivity index (χ3v) is 4.37. The van der Waals surface area contributed by atoms with Crippen LogP contribution in [0.4, 0.5) is 0 Å². The maximum atomic E-state index is 11.7. The molecule has 1 saturated heterocycles. The predicted molar refractivity (Wildman–Crippen MR) is 114 cm³/mol. The Kier molecular flexibility index (Phi) is 4.53. The molecule has 1 aromatic heterocycles. The van der Waals surface area contributed by atoms with Crippen molar-refractivity contribution in [1.29, 1.82) is 0 Å². The molecule has 2 aromatic rings. The molecule has 4 heteroatoms. The van der Waals surface area contributed by atoms with Crippen LogP contribution in [0.2, 0.25) is 0 Å². The molecule has 4 nitrogen and oxygen atoms in total. The van der Waals surface area contributed by atoms with Gasteiger partial charge in [-0.3, -0.25) is 4.90 Å². The molecule has 2 heterocycles. The Morgan fingerprint density at radius 2 is 2.07 bits per heavy atom. The Hall–Kier alpha value is -2.72. The molecule has 0 radical (unpaired) electrons. The molecule has 3 rings (SSSR count). The molecule has 0 spiro atoms. The lowest BCUT2D eigenvalue weighted by atomic mass is 10.00. The minimum Gasteiger partial charge on any atom is -0.463 e. The highest BCUT2D eigenvalue weighted by Gasteiger charge is 2.12. The summed E-state index contributed by atoms with van der Waals surface area (Å²) in [6.07, 6.45) is 6.70. The number of esters is 1. The summed E-state index contributed by atoms with van der Waals surface area (Å²) in [6, 6.07) is 3.03. The van der Waals surface area contributed by atoms with Crippen molar-refractivity contribution in [1.82, 2.24) is 9.88 Å². The van der Waals surface area contributed by atoms with Crippen molar-refractivity contribution >= 4 is 17.6 Å². The van der Waals surface area contributed by atoms with E-state index in [2.05, 4.69) is 9.88 Å². The van der Waals surface area contributed by atoms with Crippen LogP contribution in [0.15, 0.2) is 54.5 Å². The van der Waals surface area contributed by atoms with Gasteiger partial charge in [0.05, 0.1) is 23.5 Å². The van der Waals surface area contributed by atoms with E-state index in [0.717, 1.165) is 25.9 Å². The van der Waals surface area contributed by atoms with E-state index in [0.29, 0.717) is 23.5 Å². The molecular formula is C24H28N2O2. The van der Waals surface area contributed by atoms with Crippen LogP contribution in [0.25, 0.3) is 11.6 Å². The molecule has 0 aliphatic carbocycles. The van der Waals surface area contributed by atoms with Gasteiger partial charge in [0.25, 0.3) is 0 Å². The Labute approximate surface area is 177 Å². The third kappa shape index (κ3) is 5.64. The lowest BCUT2D eigenvalue weighted by Gasteiger charge is -2.14. The average Bonchev–Trinajstić information content (AvgIpc) is 3.32. The van der Waals surface area contributed by atoms with Crippen molar-refractivity contribution in [2.24, 2.45) is 0 Å². The van der Waals surface area contributed by atoms with Crippen LogP contribution in [-0.2, 0) is 9.53 Å². The lowest BCUT2D eigenvalue weighted by Crippen LogP contribution is -2.19. The maximum Gasteiger partial charge on any atom is 0.330 e. The van der Waals surface area contributed by atoms with Crippen molar-refractivity contribution in [2.45, 2.75) is 26.6 Å². The second kappa shape index (κ2) is 10.00. The Morgan fingerprint density at radius 3 is 2.79 bits per heavy atom. The first kappa shape index (κ1) is 12.7. The van der Waals surface area contributed by atoms with Gasteiger partial charge >= 0.3 is 5.97 Å². The van der Waals surface area contributed by atoms with Gasteiger partial charge in [-0.05, 0) is 63.5 Å². The van der Waals surface area contributed by atoms with E-state index in [1.807, 2.05) is 6.08 Å². The first-order valence-electron chi connectivity index (χ1n) is 12.9. The SMILES string of the molecule is [2H]c1c([2H])c(C([2H])([2H])[2H])c([2H])c([2H])c1/C(=C\CN1CCCC1)c1cccc(/C=C/C(=O)OCC)n1. The summed E-state index contributed by atoms with van der Waals surface area (Å²) in [6.45, 7) is 1.50. The molecule has 0 bridgehead atoms. The Balaban J connectivity index is 2.15. The Bertz CT molecular complexity index is 1120. The molecule has 0 saturated carbocycles. The second-order valence-electron chi connectivity index (χ2n) is 6.41. The third-order valence-electron chi connectivity index (χ3n) is 4.37. The normalized spacial score (nSPS) is 19.3. The van der Waals surface area contributed by atoms with E-state index in [9.17, 15) is 4.79 Å². The smallest absolute Gasteiger partial charge is 0.330 e. The number of hydrogen-bond donors (Lipinski definition) is 0. The van der Waals surface area contributed by atoms with E-state index >= 15 is 0 Å². The summed E-state index contributed by atoms with van der Waals surface area (Å²) in [4.78, 5) is 18.5. The molecule has 1 aliphatic rings. The van der Waals surface area contributed by atoms with Crippen LogP contribution in [0.1, 0.15) is 51.9 Å². The van der Waals surface area contributed by atoms with Crippen molar-refractivity contribution < 1.29 is 19.1 Å². The Morgan fingerprint density at radius 1 is 1.29 bits per heavy atom. The number of carbonyl (C=O) groups excluding carboxylic acids is 1. The number of rotatable bonds is 7. The zero-order valence-electron chi connectivity index (χ0n) is 22.9. The zero-order chi connectivity index (χ0) is 25.8. The number of likely N-dealkylation sites (tertiary alicyclic amines) is 1. The molecule has 28 heavy (non-hydrogen) atoms. The average molecular weight is 384 g/mol. The quantitative estimate of drug-likeness (QED) is 0.522. The fraction of sp³-hybridized carbons (Fsp3) is 0.333. The zero-order valence-corrected chi connectivity index (χ0v) is 15.9. The molecular weight excluding hydrogens is 348 g/mol. The van der Waals surface area contributed by atoms with E-state index in [1.54, 1.807) is 25.1 Å². The summed E-state index contributed by atoms with van der Waals surface area (Å²) in [7, 11) is 0. The number of carbonyl (C=O) groups is 1. The van der Waals surface area contributed by atoms with Gasteiger partial charge in [-0.2, -0.15) is 0 Å². The standard InChI is InChI=1S/C24H28N2O2/c1-3-28-24(27)14-13-21-7-6-8-23(25-21)22(15-18-26-16-4-5-17-26)20-11-9-19(2)10-12-20/h6-15H,3-5,16-18H2,1-2H3/b14-13+,22-15+/i2D3,9D,10D,11D,12D. The number of hydrogen-bond acceptors (Lipinski definition) is 4. The van der Waals surface area contributed by atoms with Crippen LogP contribution in [0, 0.1) is 6.85 Å². The van der Waals surface area contributed by atoms with Gasteiger partial charge in [0.15, 0.2) is 0 Å². The van der Waals surface area contributed by atoms with Crippen LogP contribution < -0.4 is 0 Å². The minimum atomic E-state index is -2.78. The maximum absolute atomic E-state index is 11.7. The van der Waals surface area contributed by atoms with Gasteiger partial charge in [-0.1, -0.05) is 41.9 Å². The molecule has 1 fully saturated rings. The van der Waals surface area contributed by atoms with Gasteiger partial charge in [0.2, 0.25) is 0 Å². The summed E-state index contributed by atoms with van der Waals surface area (Å²) < 4.78 is 61.6. The molecule has 1 aromatic carbocycles. The largest absolute Gasteiger partial charge is 0.463 e. The molecule has 1 aliphatic heterocycles. The van der Waals surface area contributed by atoms with Crippen molar-refractivity contribution in [3.8, 4) is 0 Å². The highest BCUT2D eigenvalue weighted by Crippen LogP contribution is 2.23.